The predicted octanol–water partition coefficient (Wildman–Crippen LogP) is 4.46. The van der Waals surface area contributed by atoms with Crippen molar-refractivity contribution in [3.05, 3.63) is 70.7 Å². The van der Waals surface area contributed by atoms with Crippen LogP contribution in [0.4, 0.5) is 17.6 Å². The molecule has 1 atom stereocenters. The number of halogens is 4. The van der Waals surface area contributed by atoms with Crippen LogP contribution in [-0.2, 0) is 24.1 Å². The smallest absolute Gasteiger partial charge is 0.422 e. The van der Waals surface area contributed by atoms with Gasteiger partial charge in [-0.15, -0.1) is 5.90 Å². The second-order valence-corrected chi connectivity index (χ2v) is 9.28. The number of fused-ring (bicyclic) bond motifs is 3. The van der Waals surface area contributed by atoms with Crippen molar-refractivity contribution >= 4 is 11.5 Å². The van der Waals surface area contributed by atoms with Crippen molar-refractivity contribution in [2.75, 3.05) is 34.3 Å². The summed E-state index contributed by atoms with van der Waals surface area (Å²) in [6.45, 7) is 4.93. The lowest BCUT2D eigenvalue weighted by atomic mass is 10.0. The third-order valence-electron chi connectivity index (χ3n) is 6.49. The van der Waals surface area contributed by atoms with E-state index >= 15 is 0 Å². The fourth-order valence-corrected chi connectivity index (χ4v) is 4.69. The molecular formula is C26H29F4N5O3. The first kappa shape index (κ1) is 27.4. The van der Waals surface area contributed by atoms with E-state index in [0.29, 0.717) is 30.0 Å². The summed E-state index contributed by atoms with van der Waals surface area (Å²) in [6.07, 6.45) is -3.81. The van der Waals surface area contributed by atoms with Gasteiger partial charge in [0.15, 0.2) is 0 Å². The van der Waals surface area contributed by atoms with E-state index in [0.717, 1.165) is 41.9 Å². The molecule has 0 radical (unpaired) electrons. The van der Waals surface area contributed by atoms with Gasteiger partial charge in [-0.2, -0.15) is 13.2 Å². The van der Waals surface area contributed by atoms with Crippen molar-refractivity contribution in [2.24, 2.45) is 16.0 Å². The van der Waals surface area contributed by atoms with Crippen LogP contribution in [0.15, 0.2) is 52.8 Å². The quantitative estimate of drug-likeness (QED) is 0.290. The molecule has 204 valence electrons. The molecule has 1 aliphatic carbocycles. The normalized spacial score (nSPS) is 18.0. The Morgan fingerprint density at radius 1 is 1.18 bits per heavy atom. The molecule has 0 bridgehead atoms. The summed E-state index contributed by atoms with van der Waals surface area (Å²) in [5.74, 6) is 3.80. The van der Waals surface area contributed by atoms with Crippen LogP contribution in [0.2, 0.25) is 0 Å². The Morgan fingerprint density at radius 2 is 1.95 bits per heavy atom. The number of amidine groups is 1. The first-order valence-electron chi connectivity index (χ1n) is 11.9. The van der Waals surface area contributed by atoms with E-state index in [-0.39, 0.29) is 18.5 Å². The minimum absolute atomic E-state index is 0.224. The minimum atomic E-state index is -4.92. The van der Waals surface area contributed by atoms with Gasteiger partial charge in [-0.3, -0.25) is 0 Å². The summed E-state index contributed by atoms with van der Waals surface area (Å²) in [6, 6.07) is 6.44. The monoisotopic (exact) mass is 535 g/mol. The number of hydrogen-bond donors (Lipinski definition) is 1. The lowest BCUT2D eigenvalue weighted by Gasteiger charge is -2.32. The van der Waals surface area contributed by atoms with Crippen LogP contribution < -0.4 is 15.4 Å². The van der Waals surface area contributed by atoms with Crippen LogP contribution >= 0.6 is 0 Å². The van der Waals surface area contributed by atoms with Crippen LogP contribution in [0, 0.1) is 5.82 Å². The first-order valence-corrected chi connectivity index (χ1v) is 11.9. The predicted molar refractivity (Wildman–Crippen MR) is 134 cm³/mol. The van der Waals surface area contributed by atoms with E-state index in [4.69, 9.17) is 15.4 Å². The van der Waals surface area contributed by atoms with E-state index in [1.807, 2.05) is 37.0 Å². The van der Waals surface area contributed by atoms with E-state index in [9.17, 15) is 17.6 Å². The SMILES string of the molecule is C=C1/C(=N\ON)N=C2Cc3c(ccc(OCCCN(C)C)c3COc3cccc(F)c3C(F)(F)F)C2N1C. The average molecular weight is 536 g/mol. The standard InChI is InChI=1S/C26H29F4N5O3/c1-15-25(33-38-31)32-20-13-17-16(24(20)35(15)4)9-10-21(36-12-6-11-34(2)3)18(17)14-37-22-8-5-7-19(27)23(22)26(28,29)30/h5,7-10,24H,1,6,11-14,31H2,2-4H3/b33-25+. The van der Waals surface area contributed by atoms with Crippen LogP contribution in [-0.4, -0.2) is 55.6 Å². The van der Waals surface area contributed by atoms with Gasteiger partial charge in [0.25, 0.3) is 0 Å². The summed E-state index contributed by atoms with van der Waals surface area (Å²) >= 11 is 0. The molecule has 8 nitrogen and oxygen atoms in total. The highest BCUT2D eigenvalue weighted by Gasteiger charge is 2.40. The number of ether oxygens (including phenoxy) is 2. The molecule has 2 aliphatic rings. The number of aliphatic imine (C=N–C) groups is 1. The zero-order valence-electron chi connectivity index (χ0n) is 21.3. The van der Waals surface area contributed by atoms with Gasteiger partial charge >= 0.3 is 6.18 Å². The molecule has 38 heavy (non-hydrogen) atoms. The second kappa shape index (κ2) is 11.0. The maximum Gasteiger partial charge on any atom is 0.422 e. The fourth-order valence-electron chi connectivity index (χ4n) is 4.69. The van der Waals surface area contributed by atoms with E-state index in [2.05, 4.69) is 21.7 Å². The van der Waals surface area contributed by atoms with E-state index in [1.165, 1.54) is 6.07 Å². The Hall–Kier alpha value is -3.64. The lowest BCUT2D eigenvalue weighted by Crippen LogP contribution is -2.35. The first-order chi connectivity index (χ1) is 18.0. The van der Waals surface area contributed by atoms with Gasteiger partial charge in [0.1, 0.15) is 29.5 Å². The summed E-state index contributed by atoms with van der Waals surface area (Å²) in [7, 11) is 5.73. The largest absolute Gasteiger partial charge is 0.493 e. The van der Waals surface area contributed by atoms with Crippen LogP contribution in [0.1, 0.15) is 34.7 Å². The summed E-state index contributed by atoms with van der Waals surface area (Å²) < 4.78 is 66.5. The number of nitrogens with zero attached hydrogens (tertiary/aromatic N) is 4. The molecule has 1 aliphatic heterocycles. The minimum Gasteiger partial charge on any atom is -0.493 e. The molecule has 2 aromatic rings. The molecule has 0 amide bonds. The van der Waals surface area contributed by atoms with Crippen molar-refractivity contribution in [2.45, 2.75) is 31.7 Å². The Labute approximate surface area is 217 Å². The van der Waals surface area contributed by atoms with Crippen LogP contribution in [0.3, 0.4) is 0 Å². The maximum absolute atomic E-state index is 14.1. The van der Waals surface area contributed by atoms with Gasteiger partial charge in [0.05, 0.1) is 24.1 Å². The fraction of sp³-hybridized carbons (Fsp3) is 0.385. The third-order valence-corrected chi connectivity index (χ3v) is 6.49. The van der Waals surface area contributed by atoms with Crippen molar-refractivity contribution in [1.82, 2.24) is 9.80 Å². The van der Waals surface area contributed by atoms with Crippen LogP contribution in [0.5, 0.6) is 11.5 Å². The number of benzene rings is 2. The molecule has 1 unspecified atom stereocenters. The van der Waals surface area contributed by atoms with Crippen molar-refractivity contribution in [1.29, 1.82) is 0 Å². The highest BCUT2D eigenvalue weighted by atomic mass is 19.4. The number of rotatable bonds is 9. The van der Waals surface area contributed by atoms with Gasteiger partial charge in [-0.05, 0) is 55.0 Å². The molecular weight excluding hydrogens is 506 g/mol. The molecule has 0 aromatic heterocycles. The Balaban J connectivity index is 1.72. The summed E-state index contributed by atoms with van der Waals surface area (Å²) in [4.78, 5) is 12.9. The molecule has 1 heterocycles. The molecule has 0 saturated heterocycles. The number of hydrogen-bond acceptors (Lipinski definition) is 7. The van der Waals surface area contributed by atoms with Crippen molar-refractivity contribution in [3.63, 3.8) is 0 Å². The van der Waals surface area contributed by atoms with Gasteiger partial charge in [-0.25, -0.2) is 9.38 Å². The van der Waals surface area contributed by atoms with Crippen LogP contribution in [0.25, 0.3) is 0 Å². The molecule has 0 saturated carbocycles. The van der Waals surface area contributed by atoms with Gasteiger partial charge in [0, 0.05) is 25.6 Å². The van der Waals surface area contributed by atoms with Gasteiger partial charge < -0.3 is 24.2 Å². The Morgan fingerprint density at radius 3 is 2.63 bits per heavy atom. The van der Waals surface area contributed by atoms with Gasteiger partial charge in [-0.1, -0.05) is 18.7 Å². The van der Waals surface area contributed by atoms with E-state index in [1.54, 1.807) is 6.07 Å². The van der Waals surface area contributed by atoms with Gasteiger partial charge in [0.2, 0.25) is 5.84 Å². The molecule has 4 rings (SSSR count). The molecule has 2 aromatic carbocycles. The third kappa shape index (κ3) is 5.46. The lowest BCUT2D eigenvalue weighted by molar-refractivity contribution is -0.141. The summed E-state index contributed by atoms with van der Waals surface area (Å²) in [5, 5.41) is 3.73. The zero-order chi connectivity index (χ0) is 27.6. The topological polar surface area (TPSA) is 84.9 Å². The van der Waals surface area contributed by atoms with E-state index < -0.39 is 23.3 Å². The molecule has 0 fully saturated rings. The highest BCUT2D eigenvalue weighted by Crippen LogP contribution is 2.43. The molecule has 2 N–H and O–H groups in total. The highest BCUT2D eigenvalue weighted by molar-refractivity contribution is 6.12. The Kier molecular flexibility index (Phi) is 7.93. The molecule has 12 heteroatoms. The van der Waals surface area contributed by atoms with Crippen molar-refractivity contribution in [3.8, 4) is 11.5 Å². The average Bonchev–Trinajstić information content (AvgIpc) is 3.21. The molecule has 0 spiro atoms. The number of nitrogens with two attached hydrogens (primary N) is 1. The second-order valence-electron chi connectivity index (χ2n) is 9.28. The zero-order valence-corrected chi connectivity index (χ0v) is 21.3. The maximum atomic E-state index is 14.1. The summed E-state index contributed by atoms with van der Waals surface area (Å²) in [5.41, 5.74) is 2.03. The Bertz CT molecular complexity index is 1280. The number of alkyl halides is 3. The number of oxime groups is 1. The van der Waals surface area contributed by atoms with Crippen molar-refractivity contribution < 1.29 is 32.0 Å². The number of likely N-dealkylation sites (N-methyl/N-ethyl adjacent to an activating group) is 1.